The van der Waals surface area contributed by atoms with Gasteiger partial charge in [0.1, 0.15) is 6.04 Å². The van der Waals surface area contributed by atoms with Gasteiger partial charge in [0.2, 0.25) is 0 Å². The van der Waals surface area contributed by atoms with E-state index in [-0.39, 0.29) is 6.61 Å². The van der Waals surface area contributed by atoms with E-state index in [2.05, 4.69) is 6.92 Å². The molecule has 0 fully saturated rings. The smallest absolute Gasteiger partial charge is 0.410 e. The number of carbonyl (C=O) groups excluding carboxylic acids is 2. The second kappa shape index (κ2) is 12.7. The Labute approximate surface area is 132 Å². The summed E-state index contributed by atoms with van der Waals surface area (Å²) in [7, 11) is 1.52. The van der Waals surface area contributed by atoms with Crippen LogP contribution >= 0.6 is 11.6 Å². The minimum Gasteiger partial charge on any atom is -0.464 e. The zero-order chi connectivity index (χ0) is 16.1. The molecule has 0 aromatic heterocycles. The molecule has 124 valence electrons. The number of halogens is 1. The Kier molecular flexibility index (Phi) is 12.2. The molecule has 0 saturated carbocycles. The fourth-order valence-corrected chi connectivity index (χ4v) is 1.74. The van der Waals surface area contributed by atoms with Gasteiger partial charge in [-0.2, -0.15) is 0 Å². The molecule has 1 amide bonds. The van der Waals surface area contributed by atoms with Crippen LogP contribution in [0.2, 0.25) is 0 Å². The Morgan fingerprint density at radius 2 is 1.67 bits per heavy atom. The summed E-state index contributed by atoms with van der Waals surface area (Å²) in [5, 5.41) is 0. The highest BCUT2D eigenvalue weighted by Gasteiger charge is 2.24. The van der Waals surface area contributed by atoms with E-state index in [1.54, 1.807) is 6.92 Å². The maximum absolute atomic E-state index is 11.8. The molecule has 0 aromatic rings. The lowest BCUT2D eigenvalue weighted by molar-refractivity contribution is -0.148. The molecule has 21 heavy (non-hydrogen) atoms. The monoisotopic (exact) mass is 321 g/mol. The molecular formula is C15H28ClNO4. The van der Waals surface area contributed by atoms with Crippen molar-refractivity contribution >= 4 is 23.7 Å². The SMILES string of the molecule is CCCCCCCOC(=O)C(C)N(C)C(=O)OCCCCl. The third-order valence-electron chi connectivity index (χ3n) is 3.21. The Balaban J connectivity index is 3.87. The molecular weight excluding hydrogens is 294 g/mol. The standard InChI is InChI=1S/C15H28ClNO4/c1-4-5-6-7-8-11-20-14(18)13(2)17(3)15(19)21-12-9-10-16/h13H,4-12H2,1-3H3. The first-order chi connectivity index (χ1) is 10.0. The van der Waals surface area contributed by atoms with E-state index in [1.807, 2.05) is 0 Å². The van der Waals surface area contributed by atoms with Gasteiger partial charge in [-0.15, -0.1) is 11.6 Å². The molecule has 1 unspecified atom stereocenters. The van der Waals surface area contributed by atoms with E-state index in [1.165, 1.54) is 24.8 Å². The number of carbonyl (C=O) groups is 2. The number of hydrogen-bond donors (Lipinski definition) is 0. The van der Waals surface area contributed by atoms with Crippen LogP contribution in [-0.2, 0) is 14.3 Å². The number of nitrogens with zero attached hydrogens (tertiary/aromatic N) is 1. The van der Waals surface area contributed by atoms with Crippen LogP contribution in [-0.4, -0.2) is 49.1 Å². The van der Waals surface area contributed by atoms with Crippen LogP contribution in [0.1, 0.15) is 52.4 Å². The van der Waals surface area contributed by atoms with Crippen LogP contribution in [0.15, 0.2) is 0 Å². The summed E-state index contributed by atoms with van der Waals surface area (Å²) in [6, 6.07) is -0.649. The lowest BCUT2D eigenvalue weighted by Gasteiger charge is -2.22. The first kappa shape index (κ1) is 20.0. The summed E-state index contributed by atoms with van der Waals surface area (Å²) in [5.41, 5.74) is 0. The molecule has 0 rings (SSSR count). The predicted octanol–water partition coefficient (Wildman–Crippen LogP) is 3.59. The first-order valence-corrected chi connectivity index (χ1v) is 8.20. The summed E-state index contributed by atoms with van der Waals surface area (Å²) in [4.78, 5) is 24.7. The predicted molar refractivity (Wildman–Crippen MR) is 83.6 cm³/mol. The fraction of sp³-hybridized carbons (Fsp3) is 0.867. The van der Waals surface area contributed by atoms with Crippen molar-refractivity contribution in [1.82, 2.24) is 4.90 Å². The summed E-state index contributed by atoms with van der Waals surface area (Å²) >= 11 is 5.50. The Bertz CT molecular complexity index is 299. The third-order valence-corrected chi connectivity index (χ3v) is 3.47. The molecule has 1 atom stereocenters. The summed E-state index contributed by atoms with van der Waals surface area (Å²) < 4.78 is 10.2. The van der Waals surface area contributed by atoms with Gasteiger partial charge in [0.25, 0.3) is 0 Å². The molecule has 0 bridgehead atoms. The van der Waals surface area contributed by atoms with Gasteiger partial charge >= 0.3 is 12.1 Å². The van der Waals surface area contributed by atoms with E-state index in [0.29, 0.717) is 18.9 Å². The number of hydrogen-bond acceptors (Lipinski definition) is 4. The van der Waals surface area contributed by atoms with E-state index in [4.69, 9.17) is 21.1 Å². The quantitative estimate of drug-likeness (QED) is 0.331. The van der Waals surface area contributed by atoms with Gasteiger partial charge in [-0.1, -0.05) is 32.6 Å². The minimum atomic E-state index is -0.649. The Morgan fingerprint density at radius 1 is 1.05 bits per heavy atom. The van der Waals surface area contributed by atoms with Crippen LogP contribution in [0, 0.1) is 0 Å². The largest absolute Gasteiger partial charge is 0.464 e. The minimum absolute atomic E-state index is 0.256. The van der Waals surface area contributed by atoms with Crippen molar-refractivity contribution < 1.29 is 19.1 Å². The number of likely N-dealkylation sites (N-methyl/N-ethyl adjacent to an activating group) is 1. The topological polar surface area (TPSA) is 55.8 Å². The molecule has 6 heteroatoms. The van der Waals surface area contributed by atoms with Gasteiger partial charge in [0, 0.05) is 12.9 Å². The maximum atomic E-state index is 11.8. The van der Waals surface area contributed by atoms with E-state index >= 15 is 0 Å². The molecule has 0 aliphatic rings. The van der Waals surface area contributed by atoms with Crippen molar-refractivity contribution in [2.45, 2.75) is 58.4 Å². The van der Waals surface area contributed by atoms with Crippen molar-refractivity contribution in [3.05, 3.63) is 0 Å². The Hall–Kier alpha value is -0.970. The van der Waals surface area contributed by atoms with Crippen molar-refractivity contribution in [2.24, 2.45) is 0 Å². The van der Waals surface area contributed by atoms with E-state index in [9.17, 15) is 9.59 Å². The van der Waals surface area contributed by atoms with Gasteiger partial charge in [-0.25, -0.2) is 9.59 Å². The zero-order valence-electron chi connectivity index (χ0n) is 13.4. The van der Waals surface area contributed by atoms with Gasteiger partial charge in [-0.05, 0) is 19.8 Å². The van der Waals surface area contributed by atoms with Crippen molar-refractivity contribution in [3.8, 4) is 0 Å². The average molecular weight is 322 g/mol. The lowest BCUT2D eigenvalue weighted by atomic mass is 10.2. The number of unbranched alkanes of at least 4 members (excludes halogenated alkanes) is 4. The van der Waals surface area contributed by atoms with Crippen LogP contribution in [0.4, 0.5) is 4.79 Å². The normalized spacial score (nSPS) is 11.8. The molecule has 0 saturated heterocycles. The highest BCUT2D eigenvalue weighted by atomic mass is 35.5. The van der Waals surface area contributed by atoms with Gasteiger partial charge in [0.05, 0.1) is 13.2 Å². The summed E-state index contributed by atoms with van der Waals surface area (Å²) in [6.07, 6.45) is 5.55. The fourth-order valence-electron chi connectivity index (χ4n) is 1.63. The maximum Gasteiger partial charge on any atom is 0.410 e. The highest BCUT2D eigenvalue weighted by Crippen LogP contribution is 2.05. The number of amides is 1. The summed E-state index contributed by atoms with van der Waals surface area (Å²) in [5.74, 6) is 0.0365. The van der Waals surface area contributed by atoms with Crippen molar-refractivity contribution in [1.29, 1.82) is 0 Å². The van der Waals surface area contributed by atoms with Gasteiger partial charge in [0.15, 0.2) is 0 Å². The number of ether oxygens (including phenoxy) is 2. The van der Waals surface area contributed by atoms with Crippen LogP contribution in [0.3, 0.4) is 0 Å². The van der Waals surface area contributed by atoms with Crippen LogP contribution in [0.25, 0.3) is 0 Å². The molecule has 0 heterocycles. The first-order valence-electron chi connectivity index (χ1n) is 7.66. The average Bonchev–Trinajstić information content (AvgIpc) is 2.49. The third kappa shape index (κ3) is 9.56. The lowest BCUT2D eigenvalue weighted by Crippen LogP contribution is -2.41. The van der Waals surface area contributed by atoms with E-state index in [0.717, 1.165) is 19.3 Å². The molecule has 0 N–H and O–H groups in total. The van der Waals surface area contributed by atoms with Crippen LogP contribution in [0.5, 0.6) is 0 Å². The van der Waals surface area contributed by atoms with Crippen molar-refractivity contribution in [2.75, 3.05) is 26.1 Å². The van der Waals surface area contributed by atoms with Gasteiger partial charge in [-0.3, -0.25) is 4.90 Å². The number of rotatable bonds is 11. The second-order valence-corrected chi connectivity index (χ2v) is 5.40. The van der Waals surface area contributed by atoms with Crippen molar-refractivity contribution in [3.63, 3.8) is 0 Å². The molecule has 0 aliphatic carbocycles. The number of alkyl halides is 1. The highest BCUT2D eigenvalue weighted by molar-refractivity contribution is 6.17. The molecule has 0 aromatic carbocycles. The molecule has 0 aliphatic heterocycles. The second-order valence-electron chi connectivity index (χ2n) is 5.03. The van der Waals surface area contributed by atoms with Gasteiger partial charge < -0.3 is 9.47 Å². The molecule has 5 nitrogen and oxygen atoms in total. The number of esters is 1. The molecule has 0 spiro atoms. The van der Waals surface area contributed by atoms with E-state index < -0.39 is 18.1 Å². The van der Waals surface area contributed by atoms with Crippen LogP contribution < -0.4 is 0 Å². The zero-order valence-corrected chi connectivity index (χ0v) is 14.2. The summed E-state index contributed by atoms with van der Waals surface area (Å²) in [6.45, 7) is 4.44. The molecule has 0 radical (unpaired) electrons. The Morgan fingerprint density at radius 3 is 2.29 bits per heavy atom.